The van der Waals surface area contributed by atoms with Crippen molar-refractivity contribution < 1.29 is 4.74 Å². The van der Waals surface area contributed by atoms with Crippen molar-refractivity contribution in [2.75, 3.05) is 23.8 Å². The van der Waals surface area contributed by atoms with Crippen molar-refractivity contribution >= 4 is 11.6 Å². The molecule has 2 atom stereocenters. The van der Waals surface area contributed by atoms with E-state index in [9.17, 15) is 0 Å². The Balaban J connectivity index is 2.14. The highest BCUT2D eigenvalue weighted by atomic mass is 16.5. The maximum absolute atomic E-state index is 5.69. The molecule has 2 rings (SSSR count). The fourth-order valence-corrected chi connectivity index (χ4v) is 1.83. The van der Waals surface area contributed by atoms with Gasteiger partial charge >= 0.3 is 0 Å². The maximum Gasteiger partial charge on any atom is 0.154 e. The van der Waals surface area contributed by atoms with Crippen molar-refractivity contribution in [2.24, 2.45) is 0 Å². The van der Waals surface area contributed by atoms with Crippen LogP contribution in [0.1, 0.15) is 20.3 Å². The van der Waals surface area contributed by atoms with Crippen LogP contribution in [-0.4, -0.2) is 35.5 Å². The van der Waals surface area contributed by atoms with Gasteiger partial charge in [0.05, 0.1) is 18.8 Å². The lowest BCUT2D eigenvalue weighted by atomic mass is 10.1. The summed E-state index contributed by atoms with van der Waals surface area (Å²) in [6, 6.07) is 4.97. The van der Waals surface area contributed by atoms with Crippen LogP contribution < -0.4 is 10.6 Å². The molecular weight excluding hydrogens is 204 g/mol. The smallest absolute Gasteiger partial charge is 0.154 e. The second-order valence-corrected chi connectivity index (χ2v) is 4.10. The lowest BCUT2D eigenvalue weighted by molar-refractivity contribution is 0.0203. The summed E-state index contributed by atoms with van der Waals surface area (Å²) in [6.07, 6.45) is 1.28. The van der Waals surface area contributed by atoms with Gasteiger partial charge in [0.1, 0.15) is 0 Å². The quantitative estimate of drug-likeness (QED) is 0.802. The summed E-state index contributed by atoms with van der Waals surface area (Å²) in [5.74, 6) is 1.15. The molecule has 1 saturated heterocycles. The zero-order chi connectivity index (χ0) is 11.5. The number of nitrogens with zero attached hydrogens (tertiary/aromatic N) is 3. The summed E-state index contributed by atoms with van der Waals surface area (Å²) in [5, 5.41) is 7.91. The normalized spacial score (nSPS) is 25.8. The molecule has 1 fully saturated rings. The SMILES string of the molecule is CCC1CN(c2c[c]c(N)nn2)C(C)CO1. The largest absolute Gasteiger partial charge is 0.382 e. The van der Waals surface area contributed by atoms with Gasteiger partial charge in [-0.25, -0.2) is 0 Å². The Kier molecular flexibility index (Phi) is 3.24. The summed E-state index contributed by atoms with van der Waals surface area (Å²) in [4.78, 5) is 2.20. The molecule has 0 aliphatic carbocycles. The molecular formula is C11H17N4O. The van der Waals surface area contributed by atoms with E-state index in [1.54, 1.807) is 6.07 Å². The molecule has 0 amide bonds. The zero-order valence-electron chi connectivity index (χ0n) is 9.68. The number of anilines is 2. The first-order chi connectivity index (χ1) is 7.70. The minimum atomic E-state index is 0.274. The number of hydrogen-bond donors (Lipinski definition) is 1. The zero-order valence-corrected chi connectivity index (χ0v) is 9.68. The standard InChI is InChI=1S/C11H17N4O/c1-3-9-6-15(8(2)7-16-9)11-5-4-10(12)13-14-11/h5,8-9H,3,6-7H2,1-2H3,(H2,12,13). The van der Waals surface area contributed by atoms with Gasteiger partial charge in [-0.15, -0.1) is 10.2 Å². The summed E-state index contributed by atoms with van der Waals surface area (Å²) < 4.78 is 5.69. The molecule has 0 saturated carbocycles. The van der Waals surface area contributed by atoms with Gasteiger partial charge in [0, 0.05) is 12.6 Å². The molecule has 2 N–H and O–H groups in total. The van der Waals surface area contributed by atoms with E-state index in [0.29, 0.717) is 11.9 Å². The second kappa shape index (κ2) is 4.65. The van der Waals surface area contributed by atoms with E-state index in [0.717, 1.165) is 25.4 Å². The number of aromatic nitrogens is 2. The van der Waals surface area contributed by atoms with Crippen molar-refractivity contribution in [1.82, 2.24) is 10.2 Å². The number of nitrogen functional groups attached to an aromatic ring is 1. The number of rotatable bonds is 2. The fourth-order valence-electron chi connectivity index (χ4n) is 1.83. The molecule has 1 radical (unpaired) electrons. The lowest BCUT2D eigenvalue weighted by Gasteiger charge is -2.38. The summed E-state index contributed by atoms with van der Waals surface area (Å²) >= 11 is 0. The van der Waals surface area contributed by atoms with Crippen LogP contribution >= 0.6 is 0 Å². The molecule has 5 heteroatoms. The molecule has 0 aromatic carbocycles. The molecule has 87 valence electrons. The number of morpholine rings is 1. The Labute approximate surface area is 95.6 Å². The maximum atomic E-state index is 5.69. The minimum absolute atomic E-state index is 0.274. The summed E-state index contributed by atoms with van der Waals surface area (Å²) in [5.41, 5.74) is 5.47. The van der Waals surface area contributed by atoms with Crippen LogP contribution in [0.5, 0.6) is 0 Å². The Morgan fingerprint density at radius 2 is 2.44 bits per heavy atom. The van der Waals surface area contributed by atoms with Crippen LogP contribution in [0.15, 0.2) is 6.07 Å². The first-order valence-electron chi connectivity index (χ1n) is 5.59. The molecule has 1 aliphatic rings. The average Bonchev–Trinajstić information content (AvgIpc) is 2.31. The predicted molar refractivity (Wildman–Crippen MR) is 62.1 cm³/mol. The molecule has 2 heterocycles. The fraction of sp³-hybridized carbons (Fsp3) is 0.636. The van der Waals surface area contributed by atoms with E-state index in [-0.39, 0.29) is 6.10 Å². The van der Waals surface area contributed by atoms with Crippen LogP contribution in [-0.2, 0) is 4.74 Å². The van der Waals surface area contributed by atoms with Gasteiger partial charge in [0.15, 0.2) is 11.6 Å². The van der Waals surface area contributed by atoms with E-state index in [2.05, 4.69) is 35.0 Å². The van der Waals surface area contributed by atoms with E-state index >= 15 is 0 Å². The first kappa shape index (κ1) is 11.1. The van der Waals surface area contributed by atoms with Crippen LogP contribution in [0.3, 0.4) is 0 Å². The van der Waals surface area contributed by atoms with E-state index in [1.807, 2.05) is 0 Å². The highest BCUT2D eigenvalue weighted by Gasteiger charge is 2.26. The van der Waals surface area contributed by atoms with Crippen LogP contribution in [0.2, 0.25) is 0 Å². The van der Waals surface area contributed by atoms with Gasteiger partial charge in [-0.3, -0.25) is 0 Å². The number of hydrogen-bond acceptors (Lipinski definition) is 5. The molecule has 2 unspecified atom stereocenters. The van der Waals surface area contributed by atoms with Gasteiger partial charge in [0.2, 0.25) is 0 Å². The third-order valence-electron chi connectivity index (χ3n) is 2.86. The van der Waals surface area contributed by atoms with Crippen molar-refractivity contribution in [2.45, 2.75) is 32.4 Å². The topological polar surface area (TPSA) is 64.3 Å². The Morgan fingerprint density at radius 3 is 3.06 bits per heavy atom. The monoisotopic (exact) mass is 221 g/mol. The predicted octanol–water partition coefficient (Wildman–Crippen LogP) is 0.863. The average molecular weight is 221 g/mol. The lowest BCUT2D eigenvalue weighted by Crippen LogP contribution is -2.48. The minimum Gasteiger partial charge on any atom is -0.382 e. The first-order valence-corrected chi connectivity index (χ1v) is 5.59. The van der Waals surface area contributed by atoms with E-state index < -0.39 is 0 Å². The Hall–Kier alpha value is -1.36. The van der Waals surface area contributed by atoms with Crippen molar-refractivity contribution in [3.8, 4) is 0 Å². The van der Waals surface area contributed by atoms with Gasteiger partial charge in [-0.2, -0.15) is 0 Å². The summed E-state index contributed by atoms with van der Waals surface area (Å²) in [6.45, 7) is 5.82. The molecule has 1 aromatic rings. The van der Waals surface area contributed by atoms with Crippen LogP contribution in [0.25, 0.3) is 0 Å². The van der Waals surface area contributed by atoms with Gasteiger partial charge in [-0.1, -0.05) is 6.92 Å². The Morgan fingerprint density at radius 1 is 1.62 bits per heavy atom. The summed E-state index contributed by atoms with van der Waals surface area (Å²) in [7, 11) is 0. The third-order valence-corrected chi connectivity index (χ3v) is 2.86. The van der Waals surface area contributed by atoms with E-state index in [1.165, 1.54) is 0 Å². The van der Waals surface area contributed by atoms with Crippen molar-refractivity contribution in [3.05, 3.63) is 12.1 Å². The van der Waals surface area contributed by atoms with Crippen molar-refractivity contribution in [1.29, 1.82) is 0 Å². The van der Waals surface area contributed by atoms with E-state index in [4.69, 9.17) is 10.5 Å². The molecule has 5 nitrogen and oxygen atoms in total. The Bertz CT molecular complexity index is 340. The van der Waals surface area contributed by atoms with Crippen molar-refractivity contribution in [3.63, 3.8) is 0 Å². The molecule has 0 bridgehead atoms. The molecule has 1 aromatic heterocycles. The molecule has 0 spiro atoms. The van der Waals surface area contributed by atoms with Crippen LogP contribution in [0, 0.1) is 6.07 Å². The van der Waals surface area contributed by atoms with Gasteiger partial charge in [-0.05, 0) is 19.4 Å². The third kappa shape index (κ3) is 2.24. The van der Waals surface area contributed by atoms with Gasteiger partial charge in [0.25, 0.3) is 0 Å². The molecule has 16 heavy (non-hydrogen) atoms. The van der Waals surface area contributed by atoms with Crippen LogP contribution in [0.4, 0.5) is 11.6 Å². The number of nitrogens with two attached hydrogens (primary N) is 1. The highest BCUT2D eigenvalue weighted by Crippen LogP contribution is 2.20. The molecule has 1 aliphatic heterocycles. The number of ether oxygens (including phenoxy) is 1. The second-order valence-electron chi connectivity index (χ2n) is 4.10. The van der Waals surface area contributed by atoms with Gasteiger partial charge < -0.3 is 15.4 Å². The highest BCUT2D eigenvalue weighted by molar-refractivity contribution is 5.42.